The van der Waals surface area contributed by atoms with Gasteiger partial charge in [0.25, 0.3) is 0 Å². The third-order valence-electron chi connectivity index (χ3n) is 2.92. The zero-order valence-electron chi connectivity index (χ0n) is 12.8. The van der Waals surface area contributed by atoms with Crippen LogP contribution in [0.15, 0.2) is 35.2 Å². The Kier molecular flexibility index (Phi) is 7.06. The molecule has 7 heteroatoms. The predicted octanol–water partition coefficient (Wildman–Crippen LogP) is 2.82. The van der Waals surface area contributed by atoms with E-state index >= 15 is 0 Å². The second-order valence-electron chi connectivity index (χ2n) is 4.64. The molecule has 1 N–H and O–H groups in total. The van der Waals surface area contributed by atoms with E-state index in [-0.39, 0.29) is 17.9 Å². The minimum absolute atomic E-state index is 0.0507. The van der Waals surface area contributed by atoms with Crippen LogP contribution in [0.4, 0.5) is 0 Å². The number of sulfonamides is 1. The highest BCUT2D eigenvalue weighted by molar-refractivity contribution is 7.89. The van der Waals surface area contributed by atoms with Gasteiger partial charge < -0.3 is 4.74 Å². The number of hydrogen-bond donors (Lipinski definition) is 1. The first-order chi connectivity index (χ1) is 10.3. The van der Waals surface area contributed by atoms with Crippen LogP contribution < -0.4 is 4.72 Å². The van der Waals surface area contributed by atoms with E-state index in [1.807, 2.05) is 0 Å². The van der Waals surface area contributed by atoms with Crippen molar-refractivity contribution in [3.63, 3.8) is 0 Å². The van der Waals surface area contributed by atoms with Crippen LogP contribution in [0, 0.1) is 6.92 Å². The molecule has 0 aliphatic heterocycles. The fourth-order valence-electron chi connectivity index (χ4n) is 1.82. The predicted molar refractivity (Wildman–Crippen MR) is 86.4 cm³/mol. The van der Waals surface area contributed by atoms with Crippen LogP contribution in [0.2, 0.25) is 5.02 Å². The summed E-state index contributed by atoms with van der Waals surface area (Å²) in [6.07, 6.45) is 3.66. The number of rotatable bonds is 7. The second-order valence-corrected chi connectivity index (χ2v) is 6.76. The molecule has 1 atom stereocenters. The van der Waals surface area contributed by atoms with Gasteiger partial charge in [-0.25, -0.2) is 8.42 Å². The summed E-state index contributed by atoms with van der Waals surface area (Å²) in [5.74, 6) is -0.608. The van der Waals surface area contributed by atoms with Gasteiger partial charge in [0.1, 0.15) is 6.04 Å². The van der Waals surface area contributed by atoms with Crippen molar-refractivity contribution >= 4 is 27.6 Å². The number of aryl methyl sites for hydroxylation is 1. The first-order valence-electron chi connectivity index (χ1n) is 6.88. The van der Waals surface area contributed by atoms with Crippen molar-refractivity contribution in [2.75, 3.05) is 6.61 Å². The minimum Gasteiger partial charge on any atom is -0.465 e. The molecule has 1 unspecified atom stereocenters. The zero-order valence-corrected chi connectivity index (χ0v) is 14.4. The summed E-state index contributed by atoms with van der Waals surface area (Å²) < 4.78 is 32.3. The van der Waals surface area contributed by atoms with Crippen LogP contribution in [0.3, 0.4) is 0 Å². The number of benzene rings is 1. The summed E-state index contributed by atoms with van der Waals surface area (Å²) in [5.41, 5.74) is 0.547. The van der Waals surface area contributed by atoms with Gasteiger partial charge in [-0.2, -0.15) is 4.72 Å². The number of carbonyl (C=O) groups excluding carboxylic acids is 1. The van der Waals surface area contributed by atoms with E-state index in [1.54, 1.807) is 45.1 Å². The molecule has 22 heavy (non-hydrogen) atoms. The molecule has 0 heterocycles. The molecule has 1 aromatic carbocycles. The van der Waals surface area contributed by atoms with Crippen molar-refractivity contribution in [2.24, 2.45) is 0 Å². The Balaban J connectivity index is 3.09. The molecule has 0 aliphatic rings. The highest BCUT2D eigenvalue weighted by atomic mass is 35.5. The summed E-state index contributed by atoms with van der Waals surface area (Å²) >= 11 is 5.86. The summed E-state index contributed by atoms with van der Waals surface area (Å²) in [6.45, 7) is 5.30. The Morgan fingerprint density at radius 1 is 1.45 bits per heavy atom. The minimum atomic E-state index is -3.88. The lowest BCUT2D eigenvalue weighted by Crippen LogP contribution is -2.41. The van der Waals surface area contributed by atoms with Gasteiger partial charge in [0.05, 0.1) is 11.5 Å². The first kappa shape index (κ1) is 18.7. The molecular formula is C15H20ClNO4S. The van der Waals surface area contributed by atoms with Gasteiger partial charge >= 0.3 is 5.97 Å². The van der Waals surface area contributed by atoms with Crippen molar-refractivity contribution in [1.29, 1.82) is 0 Å². The Hall–Kier alpha value is -1.37. The van der Waals surface area contributed by atoms with E-state index in [9.17, 15) is 13.2 Å². The van der Waals surface area contributed by atoms with Crippen LogP contribution in [-0.4, -0.2) is 27.0 Å². The van der Waals surface area contributed by atoms with Crippen LogP contribution in [-0.2, 0) is 19.6 Å². The van der Waals surface area contributed by atoms with E-state index in [4.69, 9.17) is 16.3 Å². The number of ether oxygens (including phenoxy) is 1. The first-order valence-corrected chi connectivity index (χ1v) is 8.74. The number of esters is 1. The molecule has 0 bridgehead atoms. The smallest absolute Gasteiger partial charge is 0.324 e. The van der Waals surface area contributed by atoms with Crippen molar-refractivity contribution in [3.05, 3.63) is 40.9 Å². The molecule has 122 valence electrons. The van der Waals surface area contributed by atoms with Gasteiger partial charge in [-0.15, -0.1) is 0 Å². The molecule has 1 aromatic rings. The third kappa shape index (κ3) is 5.12. The monoisotopic (exact) mass is 345 g/mol. The Bertz CT molecular complexity index is 656. The van der Waals surface area contributed by atoms with E-state index in [2.05, 4.69) is 4.72 Å². The van der Waals surface area contributed by atoms with E-state index in [0.29, 0.717) is 10.6 Å². The number of nitrogens with one attached hydrogen (secondary N) is 1. The summed E-state index contributed by atoms with van der Waals surface area (Å²) in [7, 11) is -3.88. The van der Waals surface area contributed by atoms with Gasteiger partial charge in [0.2, 0.25) is 10.0 Å². The Labute approximate surface area is 136 Å². The lowest BCUT2D eigenvalue weighted by atomic mass is 10.2. The van der Waals surface area contributed by atoms with Gasteiger partial charge in [-0.1, -0.05) is 29.8 Å². The highest BCUT2D eigenvalue weighted by Crippen LogP contribution is 2.20. The fourth-order valence-corrected chi connectivity index (χ4v) is 3.53. The van der Waals surface area contributed by atoms with Crippen molar-refractivity contribution in [3.8, 4) is 0 Å². The van der Waals surface area contributed by atoms with E-state index < -0.39 is 22.0 Å². The molecule has 0 saturated heterocycles. The van der Waals surface area contributed by atoms with Gasteiger partial charge in [0.15, 0.2) is 0 Å². The standard InChI is InChI=1S/C15H20ClNO4S/c1-4-6-7-13(15(18)21-5-2)17-22(19,20)14-10-12(16)9-8-11(14)3/h4,6,8-10,13,17H,5,7H2,1-3H3. The fraction of sp³-hybridized carbons (Fsp3) is 0.400. The molecule has 0 fully saturated rings. The maximum Gasteiger partial charge on any atom is 0.324 e. The van der Waals surface area contributed by atoms with Crippen LogP contribution in [0.1, 0.15) is 25.8 Å². The molecule has 0 radical (unpaired) electrons. The second kappa shape index (κ2) is 8.31. The van der Waals surface area contributed by atoms with Crippen LogP contribution in [0.25, 0.3) is 0 Å². The van der Waals surface area contributed by atoms with Gasteiger partial charge in [-0.05, 0) is 44.9 Å². The molecule has 0 spiro atoms. The van der Waals surface area contributed by atoms with Crippen LogP contribution >= 0.6 is 11.6 Å². The van der Waals surface area contributed by atoms with Gasteiger partial charge in [0, 0.05) is 5.02 Å². The summed E-state index contributed by atoms with van der Waals surface area (Å²) in [4.78, 5) is 12.0. The highest BCUT2D eigenvalue weighted by Gasteiger charge is 2.27. The summed E-state index contributed by atoms with van der Waals surface area (Å²) in [5, 5.41) is 0.312. The lowest BCUT2D eigenvalue weighted by Gasteiger charge is -2.17. The SMILES string of the molecule is CC=CCC(NS(=O)(=O)c1cc(Cl)ccc1C)C(=O)OCC. The number of halogens is 1. The van der Waals surface area contributed by atoms with E-state index in [0.717, 1.165) is 0 Å². The topological polar surface area (TPSA) is 72.5 Å². The Morgan fingerprint density at radius 3 is 2.73 bits per heavy atom. The average Bonchev–Trinajstić information content (AvgIpc) is 2.46. The summed E-state index contributed by atoms with van der Waals surface area (Å²) in [6, 6.07) is 3.61. The van der Waals surface area contributed by atoms with Gasteiger partial charge in [-0.3, -0.25) is 4.79 Å². The largest absolute Gasteiger partial charge is 0.465 e. The zero-order chi connectivity index (χ0) is 16.8. The molecular weight excluding hydrogens is 326 g/mol. The lowest BCUT2D eigenvalue weighted by molar-refractivity contribution is -0.145. The maximum atomic E-state index is 12.5. The van der Waals surface area contributed by atoms with Crippen molar-refractivity contribution in [2.45, 2.75) is 38.1 Å². The average molecular weight is 346 g/mol. The number of hydrogen-bond acceptors (Lipinski definition) is 4. The molecule has 0 aromatic heterocycles. The molecule has 1 rings (SSSR count). The molecule has 5 nitrogen and oxygen atoms in total. The van der Waals surface area contributed by atoms with E-state index in [1.165, 1.54) is 6.07 Å². The molecule has 0 aliphatic carbocycles. The maximum absolute atomic E-state index is 12.5. The normalized spacial score (nSPS) is 13.3. The molecule has 0 amide bonds. The third-order valence-corrected chi connectivity index (χ3v) is 4.76. The Morgan fingerprint density at radius 2 is 2.14 bits per heavy atom. The quantitative estimate of drug-likeness (QED) is 0.609. The van der Waals surface area contributed by atoms with Crippen molar-refractivity contribution < 1.29 is 17.9 Å². The van der Waals surface area contributed by atoms with Crippen molar-refractivity contribution in [1.82, 2.24) is 4.72 Å². The number of allylic oxidation sites excluding steroid dienone is 1. The molecule has 0 saturated carbocycles. The number of carbonyl (C=O) groups is 1. The van der Waals surface area contributed by atoms with Crippen LogP contribution in [0.5, 0.6) is 0 Å².